The molecular formula is C12H14Cl2N2O4S. The van der Waals surface area contributed by atoms with E-state index in [4.69, 9.17) is 33.1 Å². The summed E-state index contributed by atoms with van der Waals surface area (Å²) in [4.78, 5) is 11.9. The van der Waals surface area contributed by atoms with Crippen LogP contribution in [-0.2, 0) is 14.8 Å². The minimum Gasteiger partial charge on any atom is -0.381 e. The van der Waals surface area contributed by atoms with Gasteiger partial charge in [0.25, 0.3) is 5.91 Å². The fourth-order valence-corrected chi connectivity index (χ4v) is 3.08. The number of amides is 1. The van der Waals surface area contributed by atoms with Gasteiger partial charge in [0.05, 0.1) is 26.6 Å². The predicted octanol–water partition coefficient (Wildman–Crippen LogP) is 1.55. The Kier molecular flexibility index (Phi) is 4.79. The maximum Gasteiger partial charge on any atom is 0.253 e. The van der Waals surface area contributed by atoms with Crippen LogP contribution in [-0.4, -0.2) is 33.6 Å². The fourth-order valence-electron chi connectivity index (χ4n) is 2.03. The Balaban J connectivity index is 2.22. The van der Waals surface area contributed by atoms with E-state index in [2.05, 4.69) is 5.32 Å². The highest BCUT2D eigenvalue weighted by atomic mass is 35.5. The molecule has 2 rings (SSSR count). The van der Waals surface area contributed by atoms with Crippen LogP contribution in [0.4, 0.5) is 0 Å². The number of benzene rings is 1. The summed E-state index contributed by atoms with van der Waals surface area (Å²) in [6, 6.07) is 2.20. The molecule has 21 heavy (non-hydrogen) atoms. The van der Waals surface area contributed by atoms with Crippen LogP contribution in [0.15, 0.2) is 17.0 Å². The van der Waals surface area contributed by atoms with Crippen LogP contribution in [0, 0.1) is 0 Å². The highest BCUT2D eigenvalue weighted by molar-refractivity contribution is 7.89. The molecule has 116 valence electrons. The lowest BCUT2D eigenvalue weighted by molar-refractivity contribution is 0.0176. The lowest BCUT2D eigenvalue weighted by atomic mass is 9.89. The number of primary sulfonamides is 1. The third-order valence-electron chi connectivity index (χ3n) is 3.34. The summed E-state index contributed by atoms with van der Waals surface area (Å²) in [5, 5.41) is 7.73. The number of carbonyl (C=O) groups is 1. The minimum atomic E-state index is -3.97. The van der Waals surface area contributed by atoms with Gasteiger partial charge in [-0.3, -0.25) is 4.79 Å². The number of methoxy groups -OCH3 is 1. The van der Waals surface area contributed by atoms with Gasteiger partial charge in [-0.25, -0.2) is 13.6 Å². The Morgan fingerprint density at radius 3 is 2.52 bits per heavy atom. The minimum absolute atomic E-state index is 0.0100. The van der Waals surface area contributed by atoms with Crippen LogP contribution >= 0.6 is 23.2 Å². The van der Waals surface area contributed by atoms with E-state index in [0.29, 0.717) is 12.8 Å². The van der Waals surface area contributed by atoms with Gasteiger partial charge in [-0.1, -0.05) is 23.2 Å². The van der Waals surface area contributed by atoms with Crippen molar-refractivity contribution in [3.63, 3.8) is 0 Å². The first-order valence-corrected chi connectivity index (χ1v) is 8.38. The largest absolute Gasteiger partial charge is 0.381 e. The molecule has 0 spiro atoms. The standard InChI is InChI=1S/C12H14Cl2N2O4S/c1-20-7-2-6(3-7)16-12(17)9-4-8(21(15,18)19)5-10(13)11(9)14/h4-7H,2-3H2,1H3,(H,16,17)(H2,15,18,19). The summed E-state index contributed by atoms with van der Waals surface area (Å²) in [7, 11) is -2.37. The first kappa shape index (κ1) is 16.5. The number of carbonyl (C=O) groups excluding carboxylic acids is 1. The van der Waals surface area contributed by atoms with Gasteiger partial charge in [-0.15, -0.1) is 0 Å². The van der Waals surface area contributed by atoms with Crippen molar-refractivity contribution >= 4 is 39.1 Å². The molecule has 1 aromatic carbocycles. The van der Waals surface area contributed by atoms with Crippen LogP contribution in [0.3, 0.4) is 0 Å². The molecule has 9 heteroatoms. The zero-order chi connectivity index (χ0) is 15.8. The van der Waals surface area contributed by atoms with Crippen LogP contribution in [0.5, 0.6) is 0 Å². The molecule has 3 N–H and O–H groups in total. The van der Waals surface area contributed by atoms with Crippen LogP contribution in [0.1, 0.15) is 23.2 Å². The van der Waals surface area contributed by atoms with Crippen molar-refractivity contribution in [3.05, 3.63) is 27.7 Å². The number of sulfonamides is 1. The second-order valence-electron chi connectivity index (χ2n) is 4.81. The molecule has 0 saturated heterocycles. The normalized spacial score (nSPS) is 21.7. The summed E-state index contributed by atoms with van der Waals surface area (Å²) in [6.45, 7) is 0. The molecule has 0 heterocycles. The number of rotatable bonds is 4. The van der Waals surface area contributed by atoms with E-state index in [-0.39, 0.29) is 32.7 Å². The molecule has 0 atom stereocenters. The average Bonchev–Trinajstić information content (AvgIpc) is 2.34. The van der Waals surface area contributed by atoms with Gasteiger partial charge < -0.3 is 10.1 Å². The highest BCUT2D eigenvalue weighted by Crippen LogP contribution is 2.30. The van der Waals surface area contributed by atoms with E-state index >= 15 is 0 Å². The Bertz CT molecular complexity index is 672. The zero-order valence-electron chi connectivity index (χ0n) is 11.1. The molecule has 1 fully saturated rings. The van der Waals surface area contributed by atoms with E-state index < -0.39 is 15.9 Å². The van der Waals surface area contributed by atoms with Gasteiger partial charge in [-0.05, 0) is 25.0 Å². The lowest BCUT2D eigenvalue weighted by Gasteiger charge is -2.34. The summed E-state index contributed by atoms with van der Waals surface area (Å²) < 4.78 is 27.9. The number of nitrogens with one attached hydrogen (secondary N) is 1. The molecular weight excluding hydrogens is 339 g/mol. The summed E-state index contributed by atoms with van der Waals surface area (Å²) in [6.07, 6.45) is 1.52. The van der Waals surface area contributed by atoms with E-state index in [1.165, 1.54) is 0 Å². The smallest absolute Gasteiger partial charge is 0.253 e. The van der Waals surface area contributed by atoms with Crippen LogP contribution in [0.2, 0.25) is 10.0 Å². The maximum absolute atomic E-state index is 12.2. The number of nitrogens with two attached hydrogens (primary N) is 1. The first-order chi connectivity index (χ1) is 9.72. The third kappa shape index (κ3) is 3.67. The number of halogens is 2. The molecule has 1 amide bonds. The summed E-state index contributed by atoms with van der Waals surface area (Å²) >= 11 is 11.8. The molecule has 1 aliphatic rings. The van der Waals surface area contributed by atoms with Crippen molar-refractivity contribution in [2.75, 3.05) is 7.11 Å². The Labute approximate surface area is 132 Å². The molecule has 0 aliphatic heterocycles. The van der Waals surface area contributed by atoms with Crippen molar-refractivity contribution in [2.45, 2.75) is 29.9 Å². The zero-order valence-corrected chi connectivity index (χ0v) is 13.4. The van der Waals surface area contributed by atoms with Gasteiger partial charge in [0.2, 0.25) is 10.0 Å². The molecule has 0 unspecified atom stereocenters. The van der Waals surface area contributed by atoms with E-state index in [1.54, 1.807) is 7.11 Å². The first-order valence-electron chi connectivity index (χ1n) is 6.08. The maximum atomic E-state index is 12.2. The quantitative estimate of drug-likeness (QED) is 0.858. The van der Waals surface area contributed by atoms with Crippen molar-refractivity contribution in [2.24, 2.45) is 5.14 Å². The molecule has 0 radical (unpaired) electrons. The molecule has 1 aliphatic carbocycles. The Morgan fingerprint density at radius 1 is 1.38 bits per heavy atom. The number of hydrogen-bond donors (Lipinski definition) is 2. The van der Waals surface area contributed by atoms with Crippen molar-refractivity contribution in [1.82, 2.24) is 5.32 Å². The van der Waals surface area contributed by atoms with Crippen molar-refractivity contribution in [1.29, 1.82) is 0 Å². The second-order valence-corrected chi connectivity index (χ2v) is 7.16. The van der Waals surface area contributed by atoms with E-state index in [0.717, 1.165) is 12.1 Å². The van der Waals surface area contributed by atoms with Crippen molar-refractivity contribution in [3.8, 4) is 0 Å². The van der Waals surface area contributed by atoms with Crippen LogP contribution < -0.4 is 10.5 Å². The molecule has 1 saturated carbocycles. The summed E-state index contributed by atoms with van der Waals surface area (Å²) in [5.74, 6) is -0.494. The van der Waals surface area contributed by atoms with Gasteiger partial charge in [0.1, 0.15) is 0 Å². The monoisotopic (exact) mass is 352 g/mol. The van der Waals surface area contributed by atoms with Crippen LogP contribution in [0.25, 0.3) is 0 Å². The van der Waals surface area contributed by atoms with Gasteiger partial charge >= 0.3 is 0 Å². The lowest BCUT2D eigenvalue weighted by Crippen LogP contribution is -2.47. The molecule has 1 aromatic rings. The fraction of sp³-hybridized carbons (Fsp3) is 0.417. The Morgan fingerprint density at radius 2 is 2.00 bits per heavy atom. The number of hydrogen-bond acceptors (Lipinski definition) is 4. The van der Waals surface area contributed by atoms with Gasteiger partial charge in [-0.2, -0.15) is 0 Å². The van der Waals surface area contributed by atoms with Gasteiger partial charge in [0.15, 0.2) is 0 Å². The van der Waals surface area contributed by atoms with E-state index in [9.17, 15) is 13.2 Å². The third-order valence-corrected chi connectivity index (χ3v) is 5.03. The van der Waals surface area contributed by atoms with E-state index in [1.807, 2.05) is 0 Å². The topological polar surface area (TPSA) is 98.5 Å². The van der Waals surface area contributed by atoms with Gasteiger partial charge in [0, 0.05) is 13.2 Å². The highest BCUT2D eigenvalue weighted by Gasteiger charge is 2.31. The average molecular weight is 353 g/mol. The molecule has 0 bridgehead atoms. The van der Waals surface area contributed by atoms with Crippen molar-refractivity contribution < 1.29 is 17.9 Å². The summed E-state index contributed by atoms with van der Waals surface area (Å²) in [5.41, 5.74) is -0.0194. The Hall–Kier alpha value is -0.860. The molecule has 6 nitrogen and oxygen atoms in total. The number of ether oxygens (including phenoxy) is 1. The second kappa shape index (κ2) is 6.10. The molecule has 0 aromatic heterocycles. The SMILES string of the molecule is COC1CC(NC(=O)c2cc(S(N)(=O)=O)cc(Cl)c2Cl)C1. The predicted molar refractivity (Wildman–Crippen MR) is 79.1 cm³/mol.